The monoisotopic (exact) mass is 417 g/mol. The van der Waals surface area contributed by atoms with Crippen LogP contribution in [0.4, 0.5) is 30.9 Å². The quantitative estimate of drug-likeness (QED) is 0.702. The van der Waals surface area contributed by atoms with Gasteiger partial charge in [-0.05, 0) is 30.7 Å². The molecule has 0 spiro atoms. The number of aliphatic hydroxyl groups excluding tert-OH is 1. The van der Waals surface area contributed by atoms with Crippen LogP contribution in [0.2, 0.25) is 0 Å². The van der Waals surface area contributed by atoms with E-state index in [0.717, 1.165) is 18.7 Å². The van der Waals surface area contributed by atoms with E-state index in [1.54, 1.807) is 30.5 Å². The van der Waals surface area contributed by atoms with Gasteiger partial charge in [-0.2, -0.15) is 0 Å². The standard InChI is InChI=1S/C20H21F2N5O3/c21-20(22,12-28)8-6-16(29)14-4-5-15-18(24-14)27(13-7-10-26(15)11-13)19(30)25-17-3-1-2-9-23-17/h1-5,9,13,28H,6-8,10-12H2,(H,23,25,30)/t13-/m0/s1. The first-order valence-corrected chi connectivity index (χ1v) is 9.67. The maximum atomic E-state index is 13.3. The summed E-state index contributed by atoms with van der Waals surface area (Å²) in [5, 5.41) is 11.4. The largest absolute Gasteiger partial charge is 0.390 e. The Hall–Kier alpha value is -3.14. The molecule has 1 saturated heterocycles. The number of fused-ring (bicyclic) bond motifs is 4. The molecule has 158 valence electrons. The van der Waals surface area contributed by atoms with E-state index in [1.165, 1.54) is 11.0 Å². The number of anilines is 3. The number of urea groups is 1. The summed E-state index contributed by atoms with van der Waals surface area (Å²) in [5.74, 6) is -3.16. The van der Waals surface area contributed by atoms with Crippen molar-refractivity contribution in [2.24, 2.45) is 0 Å². The molecule has 2 N–H and O–H groups in total. The van der Waals surface area contributed by atoms with Crippen molar-refractivity contribution in [3.63, 3.8) is 0 Å². The van der Waals surface area contributed by atoms with Gasteiger partial charge in [-0.25, -0.2) is 23.5 Å². The van der Waals surface area contributed by atoms with Crippen LogP contribution in [0.1, 0.15) is 29.8 Å². The summed E-state index contributed by atoms with van der Waals surface area (Å²) in [4.78, 5) is 37.5. The molecule has 8 nitrogen and oxygen atoms in total. The Balaban J connectivity index is 1.60. The van der Waals surface area contributed by atoms with Gasteiger partial charge in [0, 0.05) is 32.1 Å². The molecule has 1 atom stereocenters. The number of rotatable bonds is 6. The Kier molecular flexibility index (Phi) is 5.33. The smallest absolute Gasteiger partial charge is 0.329 e. The highest BCUT2D eigenvalue weighted by Crippen LogP contribution is 2.39. The lowest BCUT2D eigenvalue weighted by Crippen LogP contribution is -2.48. The molecule has 0 radical (unpaired) electrons. The zero-order valence-electron chi connectivity index (χ0n) is 16.1. The van der Waals surface area contributed by atoms with Gasteiger partial charge in [-0.3, -0.25) is 15.0 Å². The van der Waals surface area contributed by atoms with Gasteiger partial charge in [-0.15, -0.1) is 0 Å². The molecule has 0 aliphatic carbocycles. The summed E-state index contributed by atoms with van der Waals surface area (Å²) < 4.78 is 26.6. The van der Waals surface area contributed by atoms with Gasteiger partial charge >= 0.3 is 6.03 Å². The van der Waals surface area contributed by atoms with E-state index in [9.17, 15) is 18.4 Å². The Labute approximate surface area is 171 Å². The van der Waals surface area contributed by atoms with Gasteiger partial charge in [0.2, 0.25) is 0 Å². The van der Waals surface area contributed by atoms with Crippen LogP contribution in [0.3, 0.4) is 0 Å². The van der Waals surface area contributed by atoms with E-state index in [1.807, 2.05) is 0 Å². The second-order valence-corrected chi connectivity index (χ2v) is 7.38. The number of aliphatic hydroxyl groups is 1. The Morgan fingerprint density at radius 1 is 1.27 bits per heavy atom. The number of alkyl halides is 2. The first-order chi connectivity index (χ1) is 14.4. The van der Waals surface area contributed by atoms with Gasteiger partial charge in [0.25, 0.3) is 5.92 Å². The SMILES string of the molecule is O=C(CCC(F)(F)CO)c1ccc2c(n1)N(C(=O)Nc1ccccn1)[C@H]1CCN2C1. The molecule has 2 aromatic rings. The number of ketones is 1. The predicted molar refractivity (Wildman–Crippen MR) is 106 cm³/mol. The molecule has 4 heterocycles. The predicted octanol–water partition coefficient (Wildman–Crippen LogP) is 2.70. The average molecular weight is 417 g/mol. The molecule has 10 heteroatoms. The van der Waals surface area contributed by atoms with Gasteiger partial charge in [0.15, 0.2) is 11.6 Å². The maximum Gasteiger partial charge on any atom is 0.329 e. The number of hydrogen-bond donors (Lipinski definition) is 2. The van der Waals surface area contributed by atoms with Gasteiger partial charge in [0.1, 0.15) is 18.1 Å². The fourth-order valence-electron chi connectivity index (χ4n) is 3.74. The highest BCUT2D eigenvalue weighted by atomic mass is 19.3. The fourth-order valence-corrected chi connectivity index (χ4v) is 3.74. The van der Waals surface area contributed by atoms with Crippen LogP contribution < -0.4 is 15.1 Å². The molecule has 0 saturated carbocycles. The van der Waals surface area contributed by atoms with Gasteiger partial charge in [0.05, 0.1) is 11.7 Å². The van der Waals surface area contributed by atoms with E-state index in [4.69, 9.17) is 5.11 Å². The number of amides is 2. The average Bonchev–Trinajstić information content (AvgIpc) is 3.16. The summed E-state index contributed by atoms with van der Waals surface area (Å²) in [5.41, 5.74) is 0.734. The molecule has 0 unspecified atom stereocenters. The zero-order chi connectivity index (χ0) is 21.3. The number of hydrogen-bond acceptors (Lipinski definition) is 6. The van der Waals surface area contributed by atoms with Gasteiger partial charge in [-0.1, -0.05) is 6.07 Å². The molecule has 0 aromatic carbocycles. The van der Waals surface area contributed by atoms with E-state index in [2.05, 4.69) is 20.2 Å². The first-order valence-electron chi connectivity index (χ1n) is 9.67. The fraction of sp³-hybridized carbons (Fsp3) is 0.400. The third kappa shape index (κ3) is 3.95. The van der Waals surface area contributed by atoms with Crippen LogP contribution in [-0.2, 0) is 0 Å². The van der Waals surface area contributed by atoms with E-state index in [0.29, 0.717) is 18.2 Å². The number of nitrogens with one attached hydrogen (secondary N) is 1. The molecule has 2 aromatic heterocycles. The lowest BCUT2D eigenvalue weighted by Gasteiger charge is -2.35. The number of pyridine rings is 2. The summed E-state index contributed by atoms with van der Waals surface area (Å²) in [6.45, 7) is 0.0963. The first kappa shape index (κ1) is 20.1. The Morgan fingerprint density at radius 2 is 2.10 bits per heavy atom. The van der Waals surface area contributed by atoms with Crippen molar-refractivity contribution < 1.29 is 23.5 Å². The van der Waals surface area contributed by atoms with Crippen LogP contribution in [0.15, 0.2) is 36.5 Å². The number of halogens is 2. The molecular weight excluding hydrogens is 396 g/mol. The number of nitrogens with zero attached hydrogens (tertiary/aromatic N) is 4. The minimum Gasteiger partial charge on any atom is -0.390 e. The molecule has 30 heavy (non-hydrogen) atoms. The van der Waals surface area contributed by atoms with Crippen LogP contribution in [-0.4, -0.2) is 58.5 Å². The number of Topliss-reactive ketones (excluding diaryl/α,β-unsaturated/α-hetero) is 1. The van der Waals surface area contributed by atoms with Crippen molar-refractivity contribution in [2.75, 3.05) is 34.8 Å². The van der Waals surface area contributed by atoms with Crippen molar-refractivity contribution in [2.45, 2.75) is 31.2 Å². The Bertz CT molecular complexity index is 957. The van der Waals surface area contributed by atoms with Crippen LogP contribution >= 0.6 is 0 Å². The zero-order valence-corrected chi connectivity index (χ0v) is 16.1. The minimum atomic E-state index is -3.32. The van der Waals surface area contributed by atoms with Crippen LogP contribution in [0.5, 0.6) is 0 Å². The van der Waals surface area contributed by atoms with Crippen molar-refractivity contribution in [1.82, 2.24) is 9.97 Å². The van der Waals surface area contributed by atoms with E-state index in [-0.39, 0.29) is 11.7 Å². The molecule has 2 aliphatic heterocycles. The number of aromatic nitrogens is 2. The summed E-state index contributed by atoms with van der Waals surface area (Å²) in [6, 6.07) is 7.82. The van der Waals surface area contributed by atoms with Crippen molar-refractivity contribution >= 4 is 29.1 Å². The Morgan fingerprint density at radius 3 is 2.83 bits per heavy atom. The highest BCUT2D eigenvalue weighted by Gasteiger charge is 2.40. The van der Waals surface area contributed by atoms with Crippen LogP contribution in [0, 0.1) is 0 Å². The third-order valence-corrected chi connectivity index (χ3v) is 5.31. The highest BCUT2D eigenvalue weighted by molar-refractivity contribution is 6.05. The molecule has 2 aliphatic rings. The summed E-state index contributed by atoms with van der Waals surface area (Å²) in [7, 11) is 0. The molecular formula is C20H21F2N5O3. The van der Waals surface area contributed by atoms with Gasteiger partial charge < -0.3 is 10.0 Å². The normalized spacial score (nSPS) is 17.6. The molecule has 4 rings (SSSR count). The summed E-state index contributed by atoms with van der Waals surface area (Å²) >= 11 is 0. The van der Waals surface area contributed by atoms with Crippen molar-refractivity contribution in [3.8, 4) is 0 Å². The lowest BCUT2D eigenvalue weighted by molar-refractivity contribution is -0.0560. The third-order valence-electron chi connectivity index (χ3n) is 5.31. The second kappa shape index (κ2) is 7.94. The van der Waals surface area contributed by atoms with Crippen LogP contribution in [0.25, 0.3) is 0 Å². The minimum absolute atomic E-state index is 0.0145. The molecule has 2 bridgehead atoms. The van der Waals surface area contributed by atoms with Crippen molar-refractivity contribution in [3.05, 3.63) is 42.2 Å². The van der Waals surface area contributed by atoms with E-state index >= 15 is 0 Å². The molecule has 1 fully saturated rings. The molecule has 2 amide bonds. The van der Waals surface area contributed by atoms with E-state index < -0.39 is 37.2 Å². The number of carbonyl (C=O) groups excluding carboxylic acids is 2. The second-order valence-electron chi connectivity index (χ2n) is 7.38. The maximum absolute atomic E-state index is 13.3. The number of carbonyl (C=O) groups is 2. The topological polar surface area (TPSA) is 98.7 Å². The summed E-state index contributed by atoms with van der Waals surface area (Å²) in [6.07, 6.45) is 1.10. The lowest BCUT2D eigenvalue weighted by atomic mass is 10.1. The van der Waals surface area contributed by atoms with Crippen molar-refractivity contribution in [1.29, 1.82) is 0 Å².